The van der Waals surface area contributed by atoms with Crippen molar-refractivity contribution in [2.45, 2.75) is 26.9 Å². The molecule has 0 spiro atoms. The van der Waals surface area contributed by atoms with E-state index in [9.17, 15) is 14.4 Å². The molecule has 10 nitrogen and oxygen atoms in total. The van der Waals surface area contributed by atoms with Gasteiger partial charge in [0.1, 0.15) is 6.54 Å². The molecule has 2 aliphatic heterocycles. The average molecular weight is 581 g/mol. The van der Waals surface area contributed by atoms with Crippen LogP contribution >= 0.6 is 24.8 Å². The minimum Gasteiger partial charge on any atom is -0.376 e. The molecule has 2 heterocycles. The van der Waals surface area contributed by atoms with Crippen LogP contribution in [-0.4, -0.2) is 85.6 Å². The molecule has 0 radical (unpaired) electrons. The van der Waals surface area contributed by atoms with Crippen molar-refractivity contribution in [2.24, 2.45) is 0 Å². The first-order valence-corrected chi connectivity index (χ1v) is 12.8. The van der Waals surface area contributed by atoms with Crippen molar-refractivity contribution in [3.8, 4) is 0 Å². The number of hydrogen-bond donors (Lipinski definition) is 3. The summed E-state index contributed by atoms with van der Waals surface area (Å²) in [6.45, 7) is 8.51. The van der Waals surface area contributed by atoms with Crippen LogP contribution in [0, 0.1) is 6.92 Å². The van der Waals surface area contributed by atoms with Crippen molar-refractivity contribution in [1.82, 2.24) is 25.6 Å². The topological polar surface area (TPSA) is 100 Å². The summed E-state index contributed by atoms with van der Waals surface area (Å²) < 4.78 is 0. The van der Waals surface area contributed by atoms with E-state index in [2.05, 4.69) is 28.1 Å². The predicted molar refractivity (Wildman–Crippen MR) is 158 cm³/mol. The summed E-state index contributed by atoms with van der Waals surface area (Å²) in [6, 6.07) is 13.8. The summed E-state index contributed by atoms with van der Waals surface area (Å²) in [7, 11) is 1.77. The third-order valence-electron chi connectivity index (χ3n) is 6.91. The number of hydrazine groups is 1. The number of anilines is 2. The number of benzene rings is 2. The van der Waals surface area contributed by atoms with Gasteiger partial charge in [0.2, 0.25) is 5.91 Å². The maximum Gasteiger partial charge on any atom is 0.321 e. The van der Waals surface area contributed by atoms with Gasteiger partial charge in [0, 0.05) is 57.7 Å². The summed E-state index contributed by atoms with van der Waals surface area (Å²) in [4.78, 5) is 41.6. The zero-order valence-corrected chi connectivity index (χ0v) is 24.4. The molecule has 3 N–H and O–H groups in total. The van der Waals surface area contributed by atoms with Crippen LogP contribution in [0.2, 0.25) is 0 Å². The van der Waals surface area contributed by atoms with Crippen molar-refractivity contribution in [3.05, 3.63) is 59.2 Å². The molecule has 4 rings (SSSR count). The first kappa shape index (κ1) is 32.2. The van der Waals surface area contributed by atoms with Gasteiger partial charge in [-0.05, 0) is 48.4 Å². The van der Waals surface area contributed by atoms with E-state index >= 15 is 0 Å². The van der Waals surface area contributed by atoms with Crippen molar-refractivity contribution >= 4 is 54.0 Å². The number of aryl methyl sites for hydroxylation is 1. The number of likely N-dealkylation sites (N-methyl/N-ethyl adjacent to an activating group) is 2. The van der Waals surface area contributed by atoms with E-state index in [1.165, 1.54) is 11.1 Å². The molecular formula is C27H39Cl2N7O3. The highest BCUT2D eigenvalue weighted by atomic mass is 35.5. The number of nitrogens with zero attached hydrogens (tertiary/aromatic N) is 4. The molecule has 1 fully saturated rings. The number of halogens is 2. The molecule has 0 atom stereocenters. The van der Waals surface area contributed by atoms with Crippen LogP contribution in [0.5, 0.6) is 0 Å². The molecule has 12 heteroatoms. The highest BCUT2D eigenvalue weighted by Gasteiger charge is 2.27. The maximum atomic E-state index is 13.2. The van der Waals surface area contributed by atoms with E-state index in [0.717, 1.165) is 23.5 Å². The normalized spacial score (nSPS) is 14.1. The Labute approximate surface area is 242 Å². The van der Waals surface area contributed by atoms with Gasteiger partial charge in [0.05, 0.1) is 6.54 Å². The van der Waals surface area contributed by atoms with Crippen LogP contribution in [-0.2, 0) is 22.7 Å². The minimum absolute atomic E-state index is 0. The summed E-state index contributed by atoms with van der Waals surface area (Å²) in [5.41, 5.74) is 5.03. The van der Waals surface area contributed by atoms with Crippen LogP contribution in [0.15, 0.2) is 42.5 Å². The van der Waals surface area contributed by atoms with Crippen molar-refractivity contribution < 1.29 is 14.4 Å². The Kier molecular flexibility index (Phi) is 12.3. The lowest BCUT2D eigenvalue weighted by molar-refractivity contribution is -0.151. The molecular weight excluding hydrogens is 541 g/mol. The number of hydrogen-bond acceptors (Lipinski definition) is 6. The smallest absolute Gasteiger partial charge is 0.321 e. The zero-order valence-electron chi connectivity index (χ0n) is 22.7. The fraction of sp³-hybridized carbons (Fsp3) is 0.444. The molecule has 0 bridgehead atoms. The van der Waals surface area contributed by atoms with E-state index in [-0.39, 0.29) is 55.7 Å². The highest BCUT2D eigenvalue weighted by Crippen LogP contribution is 2.24. The Balaban J connectivity index is 0.00000267. The third-order valence-corrected chi connectivity index (χ3v) is 6.91. The number of carbonyl (C=O) groups excluding carboxylic acids is 3. The standard InChI is InChI=1S/C27H37N7O3.2ClH/c1-4-28-11-13-32(19-26(36)31(3)33-17-21-7-5-6-8-22(21)18-33)25(35)16-30-24-10-9-23(15-20(24)2)34-14-12-29-27(34)37;;/h5-10,15,28,30H,4,11-14,16-19H2,1-3H3,(H,29,37);2*1H. The van der Waals surface area contributed by atoms with E-state index in [1.54, 1.807) is 21.9 Å². The summed E-state index contributed by atoms with van der Waals surface area (Å²) in [6.07, 6.45) is 0. The highest BCUT2D eigenvalue weighted by molar-refractivity contribution is 5.94. The molecule has 2 aliphatic rings. The largest absolute Gasteiger partial charge is 0.376 e. The zero-order chi connectivity index (χ0) is 26.4. The Bertz CT molecular complexity index is 1130. The van der Waals surface area contributed by atoms with Crippen LogP contribution in [0.4, 0.5) is 16.2 Å². The van der Waals surface area contributed by atoms with Crippen LogP contribution < -0.4 is 20.9 Å². The first-order valence-electron chi connectivity index (χ1n) is 12.8. The van der Waals surface area contributed by atoms with Gasteiger partial charge in [-0.2, -0.15) is 0 Å². The van der Waals surface area contributed by atoms with Gasteiger partial charge in [-0.15, -0.1) is 24.8 Å². The molecule has 2 aromatic rings. The second-order valence-electron chi connectivity index (χ2n) is 9.41. The van der Waals surface area contributed by atoms with Crippen LogP contribution in [0.1, 0.15) is 23.6 Å². The Morgan fingerprint density at radius 2 is 1.74 bits per heavy atom. The molecule has 214 valence electrons. The van der Waals surface area contributed by atoms with Gasteiger partial charge < -0.3 is 20.9 Å². The Morgan fingerprint density at radius 3 is 2.33 bits per heavy atom. The minimum atomic E-state index is -0.147. The predicted octanol–water partition coefficient (Wildman–Crippen LogP) is 2.61. The van der Waals surface area contributed by atoms with Gasteiger partial charge >= 0.3 is 6.03 Å². The molecule has 2 aromatic carbocycles. The Morgan fingerprint density at radius 1 is 1.05 bits per heavy atom. The fourth-order valence-electron chi connectivity index (χ4n) is 4.65. The van der Waals surface area contributed by atoms with Gasteiger partial charge in [0.25, 0.3) is 5.91 Å². The molecule has 39 heavy (non-hydrogen) atoms. The summed E-state index contributed by atoms with van der Waals surface area (Å²) >= 11 is 0. The molecule has 0 aliphatic carbocycles. The number of rotatable bonds is 11. The third kappa shape index (κ3) is 7.98. The molecule has 0 unspecified atom stereocenters. The van der Waals surface area contributed by atoms with E-state index in [1.807, 2.05) is 49.2 Å². The first-order chi connectivity index (χ1) is 17.9. The van der Waals surface area contributed by atoms with E-state index in [4.69, 9.17) is 0 Å². The van der Waals surface area contributed by atoms with Gasteiger partial charge in [-0.25, -0.2) is 9.80 Å². The summed E-state index contributed by atoms with van der Waals surface area (Å²) in [5, 5.41) is 12.9. The quantitative estimate of drug-likeness (QED) is 0.354. The van der Waals surface area contributed by atoms with Crippen LogP contribution in [0.3, 0.4) is 0 Å². The van der Waals surface area contributed by atoms with E-state index in [0.29, 0.717) is 39.3 Å². The van der Waals surface area contributed by atoms with Crippen molar-refractivity contribution in [3.63, 3.8) is 0 Å². The lowest BCUT2D eigenvalue weighted by atomic mass is 10.1. The van der Waals surface area contributed by atoms with Gasteiger partial charge in [0.15, 0.2) is 0 Å². The number of urea groups is 1. The van der Waals surface area contributed by atoms with E-state index < -0.39 is 0 Å². The van der Waals surface area contributed by atoms with Gasteiger partial charge in [-0.3, -0.25) is 19.5 Å². The molecule has 4 amide bonds. The van der Waals surface area contributed by atoms with Crippen LogP contribution in [0.25, 0.3) is 0 Å². The number of fused-ring (bicyclic) bond motifs is 1. The SMILES string of the molecule is CCNCCN(CC(=O)N(C)N1Cc2ccccc2C1)C(=O)CNc1ccc(N2CCNC2=O)cc1C.Cl.Cl. The Hall–Kier alpha value is -3.05. The number of amides is 4. The monoisotopic (exact) mass is 579 g/mol. The maximum absolute atomic E-state index is 13.2. The molecule has 0 aromatic heterocycles. The molecule has 0 saturated carbocycles. The summed E-state index contributed by atoms with van der Waals surface area (Å²) in [5.74, 6) is -0.270. The van der Waals surface area contributed by atoms with Crippen molar-refractivity contribution in [1.29, 1.82) is 0 Å². The lowest BCUT2D eigenvalue weighted by Crippen LogP contribution is -2.49. The average Bonchev–Trinajstić information content (AvgIpc) is 3.52. The fourth-order valence-corrected chi connectivity index (χ4v) is 4.65. The second-order valence-corrected chi connectivity index (χ2v) is 9.41. The lowest BCUT2D eigenvalue weighted by Gasteiger charge is -2.31. The van der Waals surface area contributed by atoms with Crippen molar-refractivity contribution in [2.75, 3.05) is 63.1 Å². The number of nitrogens with one attached hydrogen (secondary N) is 3. The van der Waals surface area contributed by atoms with Gasteiger partial charge in [-0.1, -0.05) is 31.2 Å². The second kappa shape index (κ2) is 14.9. The molecule has 1 saturated heterocycles. The number of carbonyl (C=O) groups is 3.